The maximum absolute atomic E-state index is 12.2. The Hall–Kier alpha value is -1.27. The van der Waals surface area contributed by atoms with Crippen LogP contribution in [0.25, 0.3) is 0 Å². The lowest BCUT2D eigenvalue weighted by Gasteiger charge is -2.23. The molecule has 0 N–H and O–H groups in total. The predicted octanol–water partition coefficient (Wildman–Crippen LogP) is 1.10. The zero-order valence-corrected chi connectivity index (χ0v) is 8.71. The van der Waals surface area contributed by atoms with E-state index in [4.69, 9.17) is 0 Å². The Balaban J connectivity index is 2.73. The quantitative estimate of drug-likeness (QED) is 0.678. The van der Waals surface area contributed by atoms with Crippen molar-refractivity contribution in [3.63, 3.8) is 0 Å². The largest absolute Gasteiger partial charge is 0.471 e. The molecule has 0 aliphatic carbocycles. The third-order valence-electron chi connectivity index (χ3n) is 2.31. The smallest absolute Gasteiger partial charge is 0.464 e. The van der Waals surface area contributed by atoms with E-state index in [2.05, 4.69) is 4.74 Å². The first kappa shape index (κ1) is 12.8. The summed E-state index contributed by atoms with van der Waals surface area (Å²) in [5, 5.41) is 0. The highest BCUT2D eigenvalue weighted by Crippen LogP contribution is 2.26. The summed E-state index contributed by atoms with van der Waals surface area (Å²) in [7, 11) is 0. The van der Waals surface area contributed by atoms with Gasteiger partial charge in [0.05, 0.1) is 6.61 Å². The molecule has 7 heteroatoms. The third kappa shape index (κ3) is 2.65. The summed E-state index contributed by atoms with van der Waals surface area (Å²) >= 11 is 0. The molecule has 0 aromatic rings. The van der Waals surface area contributed by atoms with Crippen LogP contribution in [0.15, 0.2) is 0 Å². The van der Waals surface area contributed by atoms with Gasteiger partial charge in [0, 0.05) is 6.54 Å². The minimum absolute atomic E-state index is 0.0537. The molecule has 16 heavy (non-hydrogen) atoms. The molecular formula is C9H12F3NO3. The number of hydrogen-bond donors (Lipinski definition) is 0. The first-order chi connectivity index (χ1) is 7.38. The highest BCUT2D eigenvalue weighted by molar-refractivity contribution is 5.88. The summed E-state index contributed by atoms with van der Waals surface area (Å²) in [5.41, 5.74) is 0. The third-order valence-corrected chi connectivity index (χ3v) is 2.31. The average molecular weight is 239 g/mol. The number of amides is 1. The van der Waals surface area contributed by atoms with Gasteiger partial charge in [-0.05, 0) is 19.8 Å². The molecular weight excluding hydrogens is 227 g/mol. The lowest BCUT2D eigenvalue weighted by Crippen LogP contribution is -2.47. The number of carbonyl (C=O) groups excluding carboxylic acids is 2. The molecule has 0 bridgehead atoms. The van der Waals surface area contributed by atoms with Crippen LogP contribution in [0, 0.1) is 0 Å². The van der Waals surface area contributed by atoms with Crippen molar-refractivity contribution in [2.45, 2.75) is 32.0 Å². The van der Waals surface area contributed by atoms with E-state index >= 15 is 0 Å². The Labute approximate surface area is 90.3 Å². The summed E-state index contributed by atoms with van der Waals surface area (Å²) in [6.07, 6.45) is -4.33. The number of carbonyl (C=O) groups is 2. The molecule has 0 aromatic heterocycles. The first-order valence-corrected chi connectivity index (χ1v) is 4.92. The Bertz CT molecular complexity index is 290. The van der Waals surface area contributed by atoms with Crippen molar-refractivity contribution in [3.8, 4) is 0 Å². The Kier molecular flexibility index (Phi) is 3.77. The van der Waals surface area contributed by atoms with Crippen molar-refractivity contribution in [3.05, 3.63) is 0 Å². The van der Waals surface area contributed by atoms with Crippen LogP contribution in [0.2, 0.25) is 0 Å². The van der Waals surface area contributed by atoms with Gasteiger partial charge in [-0.1, -0.05) is 0 Å². The second-order valence-corrected chi connectivity index (χ2v) is 3.41. The second kappa shape index (κ2) is 4.71. The zero-order chi connectivity index (χ0) is 12.3. The number of halogens is 3. The summed E-state index contributed by atoms with van der Waals surface area (Å²) in [5.74, 6) is -2.74. The lowest BCUT2D eigenvalue weighted by atomic mass is 10.2. The van der Waals surface area contributed by atoms with Gasteiger partial charge < -0.3 is 9.64 Å². The summed E-state index contributed by atoms with van der Waals surface area (Å²) in [6.45, 7) is 1.59. The van der Waals surface area contributed by atoms with Crippen molar-refractivity contribution >= 4 is 11.9 Å². The molecule has 1 aliphatic heterocycles. The molecule has 0 saturated carbocycles. The molecule has 1 atom stereocenters. The summed E-state index contributed by atoms with van der Waals surface area (Å²) in [6, 6.07) is -1.09. The summed E-state index contributed by atoms with van der Waals surface area (Å²) in [4.78, 5) is 22.8. The van der Waals surface area contributed by atoms with Crippen LogP contribution in [0.4, 0.5) is 13.2 Å². The molecule has 1 amide bonds. The minimum atomic E-state index is -4.94. The standard InChI is InChI=1S/C9H12F3NO3/c1-2-16-7(14)6-4-3-5-13(6)8(15)9(10,11)12/h6H,2-5H2,1H3. The Morgan fingerprint density at radius 3 is 2.56 bits per heavy atom. The van der Waals surface area contributed by atoms with Crippen LogP contribution >= 0.6 is 0 Å². The molecule has 0 radical (unpaired) electrons. The van der Waals surface area contributed by atoms with Gasteiger partial charge in [-0.2, -0.15) is 13.2 Å². The van der Waals surface area contributed by atoms with Gasteiger partial charge in [-0.15, -0.1) is 0 Å². The zero-order valence-electron chi connectivity index (χ0n) is 8.71. The van der Waals surface area contributed by atoms with Crippen molar-refractivity contribution < 1.29 is 27.5 Å². The molecule has 1 aliphatic rings. The van der Waals surface area contributed by atoms with E-state index in [0.717, 1.165) is 0 Å². The second-order valence-electron chi connectivity index (χ2n) is 3.41. The van der Waals surface area contributed by atoms with Crippen molar-refractivity contribution in [2.75, 3.05) is 13.2 Å². The molecule has 1 rings (SSSR count). The number of rotatable bonds is 2. The number of alkyl halides is 3. The number of ether oxygens (including phenoxy) is 1. The van der Waals surface area contributed by atoms with Crippen LogP contribution in [0.5, 0.6) is 0 Å². The van der Waals surface area contributed by atoms with Crippen LogP contribution in [0.3, 0.4) is 0 Å². The number of esters is 1. The molecule has 1 unspecified atom stereocenters. The van der Waals surface area contributed by atoms with E-state index in [0.29, 0.717) is 11.3 Å². The maximum Gasteiger partial charge on any atom is 0.471 e. The van der Waals surface area contributed by atoms with Gasteiger partial charge in [0.15, 0.2) is 0 Å². The van der Waals surface area contributed by atoms with Gasteiger partial charge in [0.25, 0.3) is 0 Å². The van der Waals surface area contributed by atoms with Crippen molar-refractivity contribution in [1.29, 1.82) is 0 Å². The van der Waals surface area contributed by atoms with Crippen molar-refractivity contribution in [2.24, 2.45) is 0 Å². The van der Waals surface area contributed by atoms with Crippen molar-refractivity contribution in [1.82, 2.24) is 4.90 Å². The fourth-order valence-corrected chi connectivity index (χ4v) is 1.66. The van der Waals surface area contributed by atoms with E-state index in [9.17, 15) is 22.8 Å². The van der Waals surface area contributed by atoms with E-state index in [1.54, 1.807) is 6.92 Å². The van der Waals surface area contributed by atoms with Gasteiger partial charge in [-0.25, -0.2) is 4.79 Å². The monoisotopic (exact) mass is 239 g/mol. The first-order valence-electron chi connectivity index (χ1n) is 4.92. The van der Waals surface area contributed by atoms with Gasteiger partial charge in [0.2, 0.25) is 0 Å². The lowest BCUT2D eigenvalue weighted by molar-refractivity contribution is -0.188. The molecule has 92 valence electrons. The van der Waals surface area contributed by atoms with Crippen LogP contribution in [0.1, 0.15) is 19.8 Å². The highest BCUT2D eigenvalue weighted by atomic mass is 19.4. The van der Waals surface area contributed by atoms with Gasteiger partial charge in [0.1, 0.15) is 6.04 Å². The molecule has 0 spiro atoms. The SMILES string of the molecule is CCOC(=O)C1CCCN1C(=O)C(F)(F)F. The Morgan fingerprint density at radius 2 is 2.06 bits per heavy atom. The summed E-state index contributed by atoms with van der Waals surface area (Å²) < 4.78 is 41.2. The highest BCUT2D eigenvalue weighted by Gasteiger charge is 2.48. The molecule has 4 nitrogen and oxygen atoms in total. The fraction of sp³-hybridized carbons (Fsp3) is 0.778. The van der Waals surface area contributed by atoms with Gasteiger partial charge >= 0.3 is 18.1 Å². The molecule has 1 fully saturated rings. The topological polar surface area (TPSA) is 46.6 Å². The van der Waals surface area contributed by atoms with Crippen LogP contribution in [-0.4, -0.2) is 42.1 Å². The normalized spacial score (nSPS) is 21.0. The minimum Gasteiger partial charge on any atom is -0.464 e. The van der Waals surface area contributed by atoms with Crippen LogP contribution < -0.4 is 0 Å². The number of likely N-dealkylation sites (tertiary alicyclic amines) is 1. The predicted molar refractivity (Wildman–Crippen MR) is 47.4 cm³/mol. The molecule has 1 saturated heterocycles. The van der Waals surface area contributed by atoms with Crippen LogP contribution in [-0.2, 0) is 14.3 Å². The van der Waals surface area contributed by atoms with E-state index < -0.39 is 24.1 Å². The maximum atomic E-state index is 12.2. The molecule has 0 aromatic carbocycles. The average Bonchev–Trinajstić information content (AvgIpc) is 2.63. The van der Waals surface area contributed by atoms with E-state index in [1.807, 2.05) is 0 Å². The number of hydrogen-bond acceptors (Lipinski definition) is 3. The molecule has 1 heterocycles. The van der Waals surface area contributed by atoms with Gasteiger partial charge in [-0.3, -0.25) is 4.79 Å². The van der Waals surface area contributed by atoms with E-state index in [1.165, 1.54) is 0 Å². The Morgan fingerprint density at radius 1 is 1.44 bits per heavy atom. The van der Waals surface area contributed by atoms with E-state index in [-0.39, 0.29) is 19.6 Å². The fourth-order valence-electron chi connectivity index (χ4n) is 1.66. The number of nitrogens with zero attached hydrogens (tertiary/aromatic N) is 1.